The fraction of sp³-hybridized carbons (Fsp3) is 0.500. The summed E-state index contributed by atoms with van der Waals surface area (Å²) >= 11 is 11.7. The number of amides is 1. The fourth-order valence-electron chi connectivity index (χ4n) is 2.10. The predicted molar refractivity (Wildman–Crippen MR) is 87.8 cm³/mol. The number of carbonyl (C=O) groups excluding carboxylic acids is 1. The highest BCUT2D eigenvalue weighted by molar-refractivity contribution is 6.42. The van der Waals surface area contributed by atoms with Crippen molar-refractivity contribution < 1.29 is 9.53 Å². The van der Waals surface area contributed by atoms with Crippen molar-refractivity contribution >= 4 is 41.5 Å². The van der Waals surface area contributed by atoms with Crippen LogP contribution in [0.3, 0.4) is 0 Å². The van der Waals surface area contributed by atoms with Crippen molar-refractivity contribution in [3.05, 3.63) is 28.2 Å². The van der Waals surface area contributed by atoms with Crippen LogP contribution in [-0.4, -0.2) is 31.1 Å². The molecule has 1 fully saturated rings. The molecule has 1 aliphatic heterocycles. The molecule has 7 heteroatoms. The molecule has 2 rings (SSSR count). The lowest BCUT2D eigenvalue weighted by atomic mass is 10.1. The Bertz CT molecular complexity index is 479. The normalized spacial score (nSPS) is 19.3. The topological polar surface area (TPSA) is 50.4 Å². The van der Waals surface area contributed by atoms with Gasteiger partial charge in [-0.1, -0.05) is 23.2 Å². The van der Waals surface area contributed by atoms with Gasteiger partial charge in [0.15, 0.2) is 6.10 Å². The van der Waals surface area contributed by atoms with Gasteiger partial charge in [-0.25, -0.2) is 0 Å². The largest absolute Gasteiger partial charge is 0.481 e. The molecular formula is C14H19Cl3N2O2. The lowest BCUT2D eigenvalue weighted by molar-refractivity contribution is -0.128. The monoisotopic (exact) mass is 352 g/mol. The lowest BCUT2D eigenvalue weighted by Crippen LogP contribution is -2.49. The molecule has 0 spiro atoms. The Morgan fingerprint density at radius 1 is 1.43 bits per heavy atom. The van der Waals surface area contributed by atoms with Gasteiger partial charge in [-0.05, 0) is 38.4 Å². The van der Waals surface area contributed by atoms with Crippen LogP contribution in [0, 0.1) is 0 Å². The van der Waals surface area contributed by atoms with E-state index in [0.717, 1.165) is 25.9 Å². The average Bonchev–Trinajstić information content (AvgIpc) is 2.44. The molecule has 1 unspecified atom stereocenters. The Morgan fingerprint density at radius 2 is 2.19 bits per heavy atom. The number of nitrogens with one attached hydrogen (secondary N) is 2. The number of hydrogen-bond acceptors (Lipinski definition) is 3. The van der Waals surface area contributed by atoms with Crippen LogP contribution in [0.2, 0.25) is 10.0 Å². The summed E-state index contributed by atoms with van der Waals surface area (Å²) in [5.41, 5.74) is 0. The number of benzene rings is 1. The molecule has 0 aliphatic carbocycles. The molecule has 1 aliphatic rings. The molecule has 21 heavy (non-hydrogen) atoms. The van der Waals surface area contributed by atoms with Crippen molar-refractivity contribution in [1.82, 2.24) is 10.6 Å². The minimum atomic E-state index is -0.575. The fourth-order valence-corrected chi connectivity index (χ4v) is 2.39. The van der Waals surface area contributed by atoms with E-state index >= 15 is 0 Å². The van der Waals surface area contributed by atoms with Gasteiger partial charge in [0.05, 0.1) is 10.0 Å². The molecule has 0 aromatic heterocycles. The first-order chi connectivity index (χ1) is 9.56. The van der Waals surface area contributed by atoms with Crippen molar-refractivity contribution in [3.8, 4) is 5.75 Å². The third kappa shape index (κ3) is 5.55. The maximum absolute atomic E-state index is 12.0. The molecule has 0 saturated carbocycles. The van der Waals surface area contributed by atoms with Crippen LogP contribution in [0.5, 0.6) is 5.75 Å². The molecular weight excluding hydrogens is 335 g/mol. The van der Waals surface area contributed by atoms with Gasteiger partial charge < -0.3 is 15.4 Å². The Hall–Kier alpha value is -0.680. The van der Waals surface area contributed by atoms with E-state index in [4.69, 9.17) is 27.9 Å². The van der Waals surface area contributed by atoms with Gasteiger partial charge in [0.2, 0.25) is 0 Å². The molecule has 0 radical (unpaired) electrons. The van der Waals surface area contributed by atoms with Gasteiger partial charge in [0, 0.05) is 18.7 Å². The number of halogens is 3. The van der Waals surface area contributed by atoms with Crippen LogP contribution < -0.4 is 15.4 Å². The van der Waals surface area contributed by atoms with E-state index in [9.17, 15) is 4.79 Å². The molecule has 1 aromatic rings. The highest BCUT2D eigenvalue weighted by Crippen LogP contribution is 2.26. The Labute approximate surface area is 140 Å². The maximum Gasteiger partial charge on any atom is 0.261 e. The summed E-state index contributed by atoms with van der Waals surface area (Å²) in [7, 11) is 0. The van der Waals surface area contributed by atoms with Gasteiger partial charge in [-0.15, -0.1) is 12.4 Å². The van der Waals surface area contributed by atoms with E-state index in [-0.39, 0.29) is 24.4 Å². The second kappa shape index (κ2) is 8.69. The molecule has 1 amide bonds. The van der Waals surface area contributed by atoms with Crippen LogP contribution in [0.4, 0.5) is 0 Å². The second-order valence-corrected chi connectivity index (χ2v) is 5.70. The predicted octanol–water partition coefficient (Wildman–Crippen LogP) is 3.05. The molecule has 2 atom stereocenters. The molecule has 1 heterocycles. The van der Waals surface area contributed by atoms with Gasteiger partial charge in [0.1, 0.15) is 5.75 Å². The highest BCUT2D eigenvalue weighted by Gasteiger charge is 2.20. The van der Waals surface area contributed by atoms with Crippen LogP contribution in [-0.2, 0) is 4.79 Å². The van der Waals surface area contributed by atoms with E-state index in [1.54, 1.807) is 25.1 Å². The Morgan fingerprint density at radius 3 is 2.81 bits per heavy atom. The summed E-state index contributed by atoms with van der Waals surface area (Å²) in [5, 5.41) is 7.11. The van der Waals surface area contributed by atoms with Crippen molar-refractivity contribution in [1.29, 1.82) is 0 Å². The van der Waals surface area contributed by atoms with Gasteiger partial charge in [-0.3, -0.25) is 4.79 Å². The van der Waals surface area contributed by atoms with E-state index < -0.39 is 6.10 Å². The van der Waals surface area contributed by atoms with E-state index in [2.05, 4.69) is 10.6 Å². The van der Waals surface area contributed by atoms with Crippen LogP contribution >= 0.6 is 35.6 Å². The summed E-state index contributed by atoms with van der Waals surface area (Å²) in [6, 6.07) is 5.13. The van der Waals surface area contributed by atoms with Crippen LogP contribution in [0.15, 0.2) is 18.2 Å². The maximum atomic E-state index is 12.0. The first kappa shape index (κ1) is 18.4. The molecule has 1 saturated heterocycles. The van der Waals surface area contributed by atoms with E-state index in [1.165, 1.54) is 0 Å². The number of piperidine rings is 1. The SMILES string of the molecule is CC(Oc1ccc(Cl)c(Cl)c1)C(=O)N[C@H]1CCCNC1.Cl. The van der Waals surface area contributed by atoms with Gasteiger partial charge in [0.25, 0.3) is 5.91 Å². The molecule has 4 nitrogen and oxygen atoms in total. The number of hydrogen-bond donors (Lipinski definition) is 2. The van der Waals surface area contributed by atoms with Gasteiger partial charge >= 0.3 is 0 Å². The molecule has 0 bridgehead atoms. The van der Waals surface area contributed by atoms with Crippen LogP contribution in [0.1, 0.15) is 19.8 Å². The first-order valence-corrected chi connectivity index (χ1v) is 7.44. The Balaban J connectivity index is 0.00000220. The average molecular weight is 354 g/mol. The first-order valence-electron chi connectivity index (χ1n) is 6.69. The highest BCUT2D eigenvalue weighted by atomic mass is 35.5. The summed E-state index contributed by atoms with van der Waals surface area (Å²) in [4.78, 5) is 12.0. The third-order valence-corrected chi connectivity index (χ3v) is 3.96. The van der Waals surface area contributed by atoms with E-state index in [1.807, 2.05) is 0 Å². The zero-order valence-electron chi connectivity index (χ0n) is 11.7. The smallest absolute Gasteiger partial charge is 0.261 e. The standard InChI is InChI=1S/C14H18Cl2N2O2.ClH/c1-9(14(19)18-10-3-2-6-17-8-10)20-11-4-5-12(15)13(16)7-11;/h4-5,7,9-10,17H,2-3,6,8H2,1H3,(H,18,19);1H/t9?,10-;/m0./s1. The third-order valence-electron chi connectivity index (χ3n) is 3.22. The summed E-state index contributed by atoms with van der Waals surface area (Å²) in [6.45, 7) is 3.54. The van der Waals surface area contributed by atoms with Crippen molar-refractivity contribution in [2.45, 2.75) is 31.9 Å². The molecule has 118 valence electrons. The quantitative estimate of drug-likeness (QED) is 0.874. The Kier molecular flexibility index (Phi) is 7.60. The summed E-state index contributed by atoms with van der Waals surface area (Å²) in [6.07, 6.45) is 1.50. The van der Waals surface area contributed by atoms with Gasteiger partial charge in [-0.2, -0.15) is 0 Å². The summed E-state index contributed by atoms with van der Waals surface area (Å²) < 4.78 is 5.58. The zero-order chi connectivity index (χ0) is 14.5. The lowest BCUT2D eigenvalue weighted by Gasteiger charge is -2.25. The number of carbonyl (C=O) groups is 1. The molecule has 2 N–H and O–H groups in total. The minimum Gasteiger partial charge on any atom is -0.481 e. The second-order valence-electron chi connectivity index (χ2n) is 4.89. The van der Waals surface area contributed by atoms with Crippen LogP contribution in [0.25, 0.3) is 0 Å². The van der Waals surface area contributed by atoms with E-state index in [0.29, 0.717) is 15.8 Å². The van der Waals surface area contributed by atoms with Crippen molar-refractivity contribution in [3.63, 3.8) is 0 Å². The zero-order valence-corrected chi connectivity index (χ0v) is 14.0. The van der Waals surface area contributed by atoms with Crippen molar-refractivity contribution in [2.24, 2.45) is 0 Å². The summed E-state index contributed by atoms with van der Waals surface area (Å²) in [5.74, 6) is 0.411. The van der Waals surface area contributed by atoms with Crippen molar-refractivity contribution in [2.75, 3.05) is 13.1 Å². The molecule has 1 aromatic carbocycles. The number of ether oxygens (including phenoxy) is 1. The minimum absolute atomic E-state index is 0. The number of rotatable bonds is 4.